The fraction of sp³-hybridized carbons (Fsp3) is 0.241. The summed E-state index contributed by atoms with van der Waals surface area (Å²) in [5.74, 6) is -1.24. The number of amides is 1. The number of nitrogens with zero attached hydrogens (tertiary/aromatic N) is 1. The van der Waals surface area contributed by atoms with Crippen LogP contribution in [-0.2, 0) is 14.3 Å². The molecule has 3 aromatic carbocycles. The number of methoxy groups -OCH3 is 2. The molecule has 196 valence electrons. The molecule has 0 spiro atoms. The zero-order valence-electron chi connectivity index (χ0n) is 21.3. The van der Waals surface area contributed by atoms with Crippen molar-refractivity contribution in [2.24, 2.45) is 5.92 Å². The summed E-state index contributed by atoms with van der Waals surface area (Å²) in [7, 11) is 3.01. The lowest BCUT2D eigenvalue weighted by atomic mass is 10.1. The van der Waals surface area contributed by atoms with Crippen molar-refractivity contribution >= 4 is 29.3 Å². The van der Waals surface area contributed by atoms with Gasteiger partial charge >= 0.3 is 11.9 Å². The molecule has 1 atom stereocenters. The zero-order chi connectivity index (χ0) is 27.2. The molecule has 1 aliphatic rings. The fourth-order valence-corrected chi connectivity index (χ4v) is 4.01. The minimum absolute atomic E-state index is 0.0384. The first kappa shape index (κ1) is 26.4. The lowest BCUT2D eigenvalue weighted by Gasteiger charge is -2.20. The van der Waals surface area contributed by atoms with Gasteiger partial charge in [-0.2, -0.15) is 0 Å². The summed E-state index contributed by atoms with van der Waals surface area (Å²) in [6.45, 7) is 1.55. The maximum atomic E-state index is 12.6. The van der Waals surface area contributed by atoms with Crippen LogP contribution in [0.2, 0.25) is 0 Å². The maximum Gasteiger partial charge on any atom is 0.343 e. The van der Waals surface area contributed by atoms with Crippen molar-refractivity contribution in [3.63, 3.8) is 0 Å². The number of carbonyl (C=O) groups is 4. The molecule has 0 bridgehead atoms. The van der Waals surface area contributed by atoms with Crippen molar-refractivity contribution < 1.29 is 38.1 Å². The van der Waals surface area contributed by atoms with Crippen molar-refractivity contribution in [3.8, 4) is 17.2 Å². The summed E-state index contributed by atoms with van der Waals surface area (Å²) in [6.07, 6.45) is -0.0384. The lowest BCUT2D eigenvalue weighted by Crippen LogP contribution is -2.27. The molecule has 1 amide bonds. The molecule has 4 rings (SSSR count). The Hall–Kier alpha value is -4.66. The van der Waals surface area contributed by atoms with Crippen molar-refractivity contribution in [2.45, 2.75) is 13.3 Å². The fourth-order valence-electron chi connectivity index (χ4n) is 4.01. The Morgan fingerprint density at radius 2 is 1.53 bits per heavy atom. The van der Waals surface area contributed by atoms with E-state index in [1.165, 1.54) is 43.4 Å². The van der Waals surface area contributed by atoms with Crippen molar-refractivity contribution in [2.75, 3.05) is 32.3 Å². The van der Waals surface area contributed by atoms with Crippen LogP contribution in [0, 0.1) is 12.8 Å². The van der Waals surface area contributed by atoms with E-state index in [0.717, 1.165) is 5.56 Å². The molecule has 0 saturated carbocycles. The number of benzene rings is 3. The van der Waals surface area contributed by atoms with Gasteiger partial charge in [-0.3, -0.25) is 14.4 Å². The number of carbonyl (C=O) groups excluding carboxylic acids is 4. The molecule has 38 heavy (non-hydrogen) atoms. The highest BCUT2D eigenvalue weighted by Gasteiger charge is 2.37. The molecule has 0 aliphatic carbocycles. The molecular weight excluding hydrogens is 490 g/mol. The zero-order valence-corrected chi connectivity index (χ0v) is 21.3. The predicted octanol–water partition coefficient (Wildman–Crippen LogP) is 4.01. The standard InChI is InChI=1S/C29H27NO8/c1-18-4-6-20(7-5-18)29(34)38-22-10-8-19(9-11-22)25(31)17-37-28(33)21-14-27(32)30(16-21)24-13-12-23(35-2)15-26(24)36-3/h4-13,15,21H,14,16-17H2,1-3H3/t21-/m0/s1. The Labute approximate surface area is 219 Å². The van der Waals surface area contributed by atoms with Gasteiger partial charge in [0, 0.05) is 24.6 Å². The van der Waals surface area contributed by atoms with Crippen molar-refractivity contribution in [1.29, 1.82) is 0 Å². The number of rotatable bonds is 9. The predicted molar refractivity (Wildman–Crippen MR) is 138 cm³/mol. The van der Waals surface area contributed by atoms with Gasteiger partial charge < -0.3 is 23.8 Å². The molecule has 0 unspecified atom stereocenters. The van der Waals surface area contributed by atoms with E-state index in [1.807, 2.05) is 19.1 Å². The molecular formula is C29H27NO8. The third kappa shape index (κ3) is 6.00. The second kappa shape index (κ2) is 11.6. The quantitative estimate of drug-likeness (QED) is 0.238. The summed E-state index contributed by atoms with van der Waals surface area (Å²) in [5, 5.41) is 0. The molecule has 0 N–H and O–H groups in total. The Morgan fingerprint density at radius 1 is 0.868 bits per heavy atom. The number of aryl methyl sites for hydroxylation is 1. The van der Waals surface area contributed by atoms with E-state index in [-0.39, 0.29) is 24.6 Å². The van der Waals surface area contributed by atoms with Crippen LogP contribution in [0.4, 0.5) is 5.69 Å². The van der Waals surface area contributed by atoms with Gasteiger partial charge in [0.25, 0.3) is 0 Å². The van der Waals surface area contributed by atoms with Gasteiger partial charge in [0.05, 0.1) is 31.4 Å². The van der Waals surface area contributed by atoms with Gasteiger partial charge in [-0.1, -0.05) is 17.7 Å². The largest absolute Gasteiger partial charge is 0.497 e. The van der Waals surface area contributed by atoms with Crippen molar-refractivity contribution in [1.82, 2.24) is 0 Å². The minimum atomic E-state index is -0.717. The number of ether oxygens (including phenoxy) is 4. The molecule has 0 aromatic heterocycles. The van der Waals surface area contributed by atoms with Crippen LogP contribution in [0.5, 0.6) is 17.2 Å². The summed E-state index contributed by atoms with van der Waals surface area (Å²) in [5.41, 5.74) is 2.25. The number of ketones is 1. The van der Waals surface area contributed by atoms with Crippen LogP contribution < -0.4 is 19.1 Å². The second-order valence-electron chi connectivity index (χ2n) is 8.75. The van der Waals surface area contributed by atoms with E-state index >= 15 is 0 Å². The molecule has 9 heteroatoms. The van der Waals surface area contributed by atoms with E-state index in [4.69, 9.17) is 18.9 Å². The van der Waals surface area contributed by atoms with Gasteiger partial charge in [-0.25, -0.2) is 4.79 Å². The average Bonchev–Trinajstić information content (AvgIpc) is 3.33. The summed E-state index contributed by atoms with van der Waals surface area (Å²) < 4.78 is 21.1. The van der Waals surface area contributed by atoms with E-state index in [9.17, 15) is 19.2 Å². The lowest BCUT2D eigenvalue weighted by molar-refractivity contribution is -0.147. The molecule has 1 aliphatic heterocycles. The SMILES string of the molecule is COc1ccc(N2C[C@@H](C(=O)OCC(=O)c3ccc(OC(=O)c4ccc(C)cc4)cc3)CC2=O)c(OC)c1. The normalized spacial score (nSPS) is 14.7. The van der Waals surface area contributed by atoms with Crippen molar-refractivity contribution in [3.05, 3.63) is 83.4 Å². The van der Waals surface area contributed by atoms with Crippen LogP contribution in [0.3, 0.4) is 0 Å². The third-order valence-corrected chi connectivity index (χ3v) is 6.16. The first-order valence-electron chi connectivity index (χ1n) is 11.9. The summed E-state index contributed by atoms with van der Waals surface area (Å²) >= 11 is 0. The third-order valence-electron chi connectivity index (χ3n) is 6.16. The topological polar surface area (TPSA) is 108 Å². The van der Waals surface area contributed by atoms with E-state index in [0.29, 0.717) is 28.3 Å². The van der Waals surface area contributed by atoms with Crippen LogP contribution in [0.25, 0.3) is 0 Å². The number of anilines is 1. The van der Waals surface area contributed by atoms with Crippen LogP contribution in [-0.4, -0.2) is 51.0 Å². The smallest absolute Gasteiger partial charge is 0.343 e. The van der Waals surface area contributed by atoms with Gasteiger partial charge in [0.1, 0.15) is 17.2 Å². The maximum absolute atomic E-state index is 12.6. The number of hydrogen-bond acceptors (Lipinski definition) is 8. The number of Topliss-reactive ketones (excluding diaryl/α,β-unsaturated/α-hetero) is 1. The molecule has 1 heterocycles. The Kier molecular flexibility index (Phi) is 8.06. The van der Waals surface area contributed by atoms with Crippen LogP contribution >= 0.6 is 0 Å². The molecule has 1 fully saturated rings. The Morgan fingerprint density at radius 3 is 2.18 bits per heavy atom. The van der Waals surface area contributed by atoms with Gasteiger partial charge in [-0.05, 0) is 55.5 Å². The highest BCUT2D eigenvalue weighted by molar-refractivity contribution is 6.02. The van der Waals surface area contributed by atoms with Crippen LogP contribution in [0.1, 0.15) is 32.7 Å². The average molecular weight is 518 g/mol. The number of esters is 2. The highest BCUT2D eigenvalue weighted by Crippen LogP contribution is 2.36. The van der Waals surface area contributed by atoms with E-state index in [1.54, 1.807) is 30.3 Å². The van der Waals surface area contributed by atoms with Crippen LogP contribution in [0.15, 0.2) is 66.7 Å². The molecule has 9 nitrogen and oxygen atoms in total. The molecule has 0 radical (unpaired) electrons. The van der Waals surface area contributed by atoms with Gasteiger partial charge in [0.2, 0.25) is 5.91 Å². The summed E-state index contributed by atoms with van der Waals surface area (Å²) in [6, 6.07) is 18.0. The second-order valence-corrected chi connectivity index (χ2v) is 8.75. The van der Waals surface area contributed by atoms with E-state index < -0.39 is 30.2 Å². The highest BCUT2D eigenvalue weighted by atomic mass is 16.5. The van der Waals surface area contributed by atoms with E-state index in [2.05, 4.69) is 0 Å². The monoisotopic (exact) mass is 517 g/mol. The Bertz CT molecular complexity index is 1350. The van der Waals surface area contributed by atoms with Gasteiger partial charge in [-0.15, -0.1) is 0 Å². The molecule has 1 saturated heterocycles. The number of hydrogen-bond donors (Lipinski definition) is 0. The minimum Gasteiger partial charge on any atom is -0.497 e. The molecule has 3 aromatic rings. The Balaban J connectivity index is 1.31. The summed E-state index contributed by atoms with van der Waals surface area (Å²) in [4.78, 5) is 51.5. The van der Waals surface area contributed by atoms with Gasteiger partial charge in [0.15, 0.2) is 12.4 Å². The first-order valence-corrected chi connectivity index (χ1v) is 11.9. The first-order chi connectivity index (χ1) is 18.3.